The van der Waals surface area contributed by atoms with Crippen LogP contribution >= 0.6 is 11.8 Å². The molecule has 1 rings (SSSR count). The fourth-order valence-corrected chi connectivity index (χ4v) is 1.98. The molecular formula is C12H16F3NOS. The maximum Gasteiger partial charge on any atom is 0.441 e. The van der Waals surface area contributed by atoms with E-state index in [1.807, 2.05) is 30.3 Å². The van der Waals surface area contributed by atoms with Crippen molar-refractivity contribution in [3.63, 3.8) is 0 Å². The summed E-state index contributed by atoms with van der Waals surface area (Å²) < 4.78 is 35.7. The average Bonchev–Trinajstić information content (AvgIpc) is 2.33. The van der Waals surface area contributed by atoms with Gasteiger partial charge in [-0.05, 0) is 23.7 Å². The normalized spacial score (nSPS) is 13.6. The molecule has 0 aromatic heterocycles. The second-order valence-corrected chi connectivity index (χ2v) is 4.98. The summed E-state index contributed by atoms with van der Waals surface area (Å²) >= 11 is -0.0518. The molecule has 0 aliphatic rings. The Hall–Kier alpha value is -0.720. The number of rotatable bonds is 7. The second kappa shape index (κ2) is 7.66. The molecule has 1 unspecified atom stereocenters. The van der Waals surface area contributed by atoms with Crippen LogP contribution in [0.4, 0.5) is 13.2 Å². The highest BCUT2D eigenvalue weighted by molar-refractivity contribution is 8.00. The maximum absolute atomic E-state index is 11.9. The summed E-state index contributed by atoms with van der Waals surface area (Å²) in [6, 6.07) is 9.32. The average molecular weight is 279 g/mol. The first-order valence-electron chi connectivity index (χ1n) is 5.60. The number of halogens is 3. The molecule has 0 amide bonds. The molecule has 0 saturated carbocycles. The maximum atomic E-state index is 11.9. The van der Waals surface area contributed by atoms with Gasteiger partial charge in [0.2, 0.25) is 0 Å². The quantitative estimate of drug-likeness (QED) is 0.752. The van der Waals surface area contributed by atoms with Crippen molar-refractivity contribution in [2.75, 3.05) is 18.9 Å². The smallest absolute Gasteiger partial charge is 0.395 e. The molecule has 2 nitrogen and oxygen atoms in total. The molecule has 1 aromatic rings. The molecule has 1 atom stereocenters. The zero-order valence-corrected chi connectivity index (χ0v) is 10.6. The molecule has 0 fully saturated rings. The molecule has 0 bridgehead atoms. The Morgan fingerprint density at radius 3 is 2.44 bits per heavy atom. The molecule has 0 saturated heterocycles. The van der Waals surface area contributed by atoms with Gasteiger partial charge in [0, 0.05) is 18.3 Å². The van der Waals surface area contributed by atoms with Gasteiger partial charge < -0.3 is 10.4 Å². The van der Waals surface area contributed by atoms with Gasteiger partial charge in [-0.3, -0.25) is 0 Å². The topological polar surface area (TPSA) is 32.3 Å². The van der Waals surface area contributed by atoms with Crippen LogP contribution in [0, 0.1) is 0 Å². The lowest BCUT2D eigenvalue weighted by atomic mass is 10.1. The molecule has 0 spiro atoms. The molecule has 0 radical (unpaired) electrons. The van der Waals surface area contributed by atoms with Gasteiger partial charge in [0.1, 0.15) is 0 Å². The first kappa shape index (κ1) is 15.3. The van der Waals surface area contributed by atoms with Gasteiger partial charge in [-0.1, -0.05) is 30.3 Å². The highest BCUT2D eigenvalue weighted by Gasteiger charge is 2.27. The number of nitrogens with one attached hydrogen (secondary N) is 1. The summed E-state index contributed by atoms with van der Waals surface area (Å²) in [7, 11) is 0. The van der Waals surface area contributed by atoms with Crippen molar-refractivity contribution in [3.05, 3.63) is 35.9 Å². The number of aliphatic hydroxyl groups is 1. The van der Waals surface area contributed by atoms with Crippen molar-refractivity contribution < 1.29 is 18.3 Å². The fraction of sp³-hybridized carbons (Fsp3) is 0.500. The zero-order valence-electron chi connectivity index (χ0n) is 9.78. The molecule has 2 N–H and O–H groups in total. The van der Waals surface area contributed by atoms with Crippen LogP contribution in [0.15, 0.2) is 30.3 Å². The monoisotopic (exact) mass is 279 g/mol. The van der Waals surface area contributed by atoms with E-state index in [1.165, 1.54) is 0 Å². The minimum atomic E-state index is -4.18. The highest BCUT2D eigenvalue weighted by atomic mass is 32.2. The molecule has 1 aromatic carbocycles. The van der Waals surface area contributed by atoms with E-state index in [0.29, 0.717) is 6.42 Å². The molecule has 0 aliphatic heterocycles. The lowest BCUT2D eigenvalue weighted by Crippen LogP contribution is -2.36. The van der Waals surface area contributed by atoms with Crippen LogP contribution < -0.4 is 5.32 Å². The molecule has 102 valence electrons. The molecule has 18 heavy (non-hydrogen) atoms. The van der Waals surface area contributed by atoms with Crippen LogP contribution in [-0.4, -0.2) is 35.6 Å². The summed E-state index contributed by atoms with van der Waals surface area (Å²) in [5, 5.41) is 12.1. The zero-order chi connectivity index (χ0) is 13.4. The van der Waals surface area contributed by atoms with Gasteiger partial charge in [0.15, 0.2) is 0 Å². The minimum Gasteiger partial charge on any atom is -0.395 e. The van der Waals surface area contributed by atoms with E-state index in [4.69, 9.17) is 5.11 Å². The number of aliphatic hydroxyl groups excluding tert-OH is 1. The predicted molar refractivity (Wildman–Crippen MR) is 67.5 cm³/mol. The van der Waals surface area contributed by atoms with Crippen molar-refractivity contribution in [2.45, 2.75) is 18.0 Å². The van der Waals surface area contributed by atoms with Crippen molar-refractivity contribution in [3.8, 4) is 0 Å². The SMILES string of the molecule is OCC(Cc1ccccc1)NCCSC(F)(F)F. The summed E-state index contributed by atoms with van der Waals surface area (Å²) in [6.07, 6.45) is 0.605. The van der Waals surface area contributed by atoms with Crippen molar-refractivity contribution >= 4 is 11.8 Å². The Bertz CT molecular complexity index is 332. The van der Waals surface area contributed by atoms with Crippen LogP contribution in [0.5, 0.6) is 0 Å². The first-order chi connectivity index (χ1) is 8.51. The molecule has 0 aliphatic carbocycles. The third kappa shape index (κ3) is 6.88. The number of benzene rings is 1. The van der Waals surface area contributed by atoms with Crippen molar-refractivity contribution in [1.82, 2.24) is 5.32 Å². The van der Waals surface area contributed by atoms with Crippen LogP contribution in [-0.2, 0) is 6.42 Å². The van der Waals surface area contributed by atoms with Gasteiger partial charge in [0.05, 0.1) is 6.61 Å². The standard InChI is InChI=1S/C12H16F3NOS/c13-12(14,15)18-7-6-16-11(9-17)8-10-4-2-1-3-5-10/h1-5,11,16-17H,6-9H2. The molecule has 6 heteroatoms. The largest absolute Gasteiger partial charge is 0.441 e. The number of alkyl halides is 3. The van der Waals surface area contributed by atoms with Gasteiger partial charge in [0.25, 0.3) is 0 Å². The number of hydrogen-bond acceptors (Lipinski definition) is 3. The van der Waals surface area contributed by atoms with Crippen LogP contribution in [0.25, 0.3) is 0 Å². The third-order valence-electron chi connectivity index (χ3n) is 2.35. The van der Waals surface area contributed by atoms with Crippen LogP contribution in [0.2, 0.25) is 0 Å². The fourth-order valence-electron chi connectivity index (χ4n) is 1.53. The molecular weight excluding hydrogens is 263 g/mol. The number of hydrogen-bond donors (Lipinski definition) is 2. The molecule has 0 heterocycles. The van der Waals surface area contributed by atoms with E-state index in [1.54, 1.807) is 0 Å². The van der Waals surface area contributed by atoms with E-state index in [2.05, 4.69) is 5.32 Å². The van der Waals surface area contributed by atoms with Crippen molar-refractivity contribution in [1.29, 1.82) is 0 Å². The van der Waals surface area contributed by atoms with E-state index in [0.717, 1.165) is 5.56 Å². The Labute approximate surface area is 109 Å². The Morgan fingerprint density at radius 1 is 1.22 bits per heavy atom. The summed E-state index contributed by atoms with van der Waals surface area (Å²) in [5.41, 5.74) is -3.14. The van der Waals surface area contributed by atoms with Gasteiger partial charge in [-0.2, -0.15) is 13.2 Å². The third-order valence-corrected chi connectivity index (χ3v) is 3.08. The Kier molecular flexibility index (Phi) is 6.52. The van der Waals surface area contributed by atoms with Crippen molar-refractivity contribution in [2.24, 2.45) is 0 Å². The predicted octanol–water partition coefficient (Wildman–Crippen LogP) is 2.43. The van der Waals surface area contributed by atoms with Gasteiger partial charge >= 0.3 is 5.51 Å². The van der Waals surface area contributed by atoms with E-state index in [9.17, 15) is 13.2 Å². The summed E-state index contributed by atoms with van der Waals surface area (Å²) in [5.74, 6) is -0.0468. The van der Waals surface area contributed by atoms with E-state index in [-0.39, 0.29) is 36.7 Å². The number of thioether (sulfide) groups is 1. The van der Waals surface area contributed by atoms with E-state index < -0.39 is 5.51 Å². The highest BCUT2D eigenvalue weighted by Crippen LogP contribution is 2.29. The summed E-state index contributed by atoms with van der Waals surface area (Å²) in [4.78, 5) is 0. The van der Waals surface area contributed by atoms with Crippen LogP contribution in [0.1, 0.15) is 5.56 Å². The van der Waals surface area contributed by atoms with E-state index >= 15 is 0 Å². The Balaban J connectivity index is 2.26. The lowest BCUT2D eigenvalue weighted by molar-refractivity contribution is -0.0327. The minimum absolute atomic E-state index is 0.0468. The lowest BCUT2D eigenvalue weighted by Gasteiger charge is -2.16. The summed E-state index contributed by atoms with van der Waals surface area (Å²) in [6.45, 7) is 0.133. The second-order valence-electron chi connectivity index (χ2n) is 3.82. The Morgan fingerprint density at radius 2 is 1.89 bits per heavy atom. The van der Waals surface area contributed by atoms with Gasteiger partial charge in [-0.25, -0.2) is 0 Å². The van der Waals surface area contributed by atoms with Crippen LogP contribution in [0.3, 0.4) is 0 Å². The first-order valence-corrected chi connectivity index (χ1v) is 6.58. The van der Waals surface area contributed by atoms with Gasteiger partial charge in [-0.15, -0.1) is 0 Å².